The Hall–Kier alpha value is -3.65. The second-order valence-corrected chi connectivity index (χ2v) is 7.17. The third kappa shape index (κ3) is 4.92. The van der Waals surface area contributed by atoms with Gasteiger partial charge >= 0.3 is 0 Å². The molecule has 0 aliphatic rings. The standard InChI is InChI=1S/C22H20ClN5O3/c1-30-22-10-15(13-29)2-5-21(22)31-14-17-12-28(27-26-17)9-8-25-19-6-7-24-20-11-16(23)3-4-18(19)20/h2-7,10-13H,8-9,14H2,1H3,(H,24,25). The zero-order valence-corrected chi connectivity index (χ0v) is 17.5. The van der Waals surface area contributed by atoms with Crippen LogP contribution in [0.3, 0.4) is 0 Å². The van der Waals surface area contributed by atoms with E-state index in [1.807, 2.05) is 30.5 Å². The molecule has 0 aliphatic heterocycles. The van der Waals surface area contributed by atoms with Crippen molar-refractivity contribution in [2.75, 3.05) is 19.0 Å². The van der Waals surface area contributed by atoms with Gasteiger partial charge in [-0.25, -0.2) is 0 Å². The highest BCUT2D eigenvalue weighted by molar-refractivity contribution is 6.31. The molecule has 31 heavy (non-hydrogen) atoms. The van der Waals surface area contributed by atoms with Crippen molar-refractivity contribution >= 4 is 34.5 Å². The first-order valence-electron chi connectivity index (χ1n) is 9.59. The Morgan fingerprint density at radius 3 is 2.90 bits per heavy atom. The smallest absolute Gasteiger partial charge is 0.161 e. The number of halogens is 1. The van der Waals surface area contributed by atoms with E-state index in [0.29, 0.717) is 40.9 Å². The van der Waals surface area contributed by atoms with Crippen molar-refractivity contribution in [3.8, 4) is 11.5 Å². The molecule has 0 bridgehead atoms. The summed E-state index contributed by atoms with van der Waals surface area (Å²) in [5.41, 5.74) is 3.03. The fraction of sp³-hybridized carbons (Fsp3) is 0.182. The third-order valence-electron chi connectivity index (χ3n) is 4.65. The lowest BCUT2D eigenvalue weighted by Gasteiger charge is -2.10. The maximum absolute atomic E-state index is 10.9. The van der Waals surface area contributed by atoms with E-state index in [1.165, 1.54) is 7.11 Å². The SMILES string of the molecule is COc1cc(C=O)ccc1OCc1cn(CCNc2ccnc3cc(Cl)ccc23)nn1. The highest BCUT2D eigenvalue weighted by Crippen LogP contribution is 2.28. The Balaban J connectivity index is 1.33. The van der Waals surface area contributed by atoms with Crippen LogP contribution in [0.5, 0.6) is 11.5 Å². The number of ether oxygens (including phenoxy) is 2. The number of aromatic nitrogens is 4. The maximum Gasteiger partial charge on any atom is 0.161 e. The quantitative estimate of drug-likeness (QED) is 0.396. The summed E-state index contributed by atoms with van der Waals surface area (Å²) in [4.78, 5) is 15.2. The molecular weight excluding hydrogens is 418 g/mol. The number of carbonyl (C=O) groups is 1. The third-order valence-corrected chi connectivity index (χ3v) is 4.88. The topological polar surface area (TPSA) is 91.2 Å². The molecule has 0 unspecified atom stereocenters. The molecule has 4 aromatic rings. The predicted molar refractivity (Wildman–Crippen MR) is 118 cm³/mol. The number of benzene rings is 2. The number of anilines is 1. The summed E-state index contributed by atoms with van der Waals surface area (Å²) in [7, 11) is 1.53. The minimum atomic E-state index is 0.236. The normalized spacial score (nSPS) is 10.8. The van der Waals surface area contributed by atoms with Gasteiger partial charge in [0.1, 0.15) is 18.6 Å². The van der Waals surface area contributed by atoms with E-state index in [2.05, 4.69) is 20.6 Å². The number of hydrogen-bond acceptors (Lipinski definition) is 7. The van der Waals surface area contributed by atoms with Gasteiger partial charge in [0, 0.05) is 34.4 Å². The van der Waals surface area contributed by atoms with Crippen LogP contribution in [0, 0.1) is 0 Å². The Bertz CT molecular complexity index is 1210. The minimum absolute atomic E-state index is 0.236. The van der Waals surface area contributed by atoms with Gasteiger partial charge in [-0.2, -0.15) is 0 Å². The van der Waals surface area contributed by atoms with Gasteiger partial charge in [-0.05, 0) is 42.5 Å². The second-order valence-electron chi connectivity index (χ2n) is 6.74. The molecule has 8 nitrogen and oxygen atoms in total. The number of rotatable bonds is 9. The van der Waals surface area contributed by atoms with Gasteiger partial charge in [0.2, 0.25) is 0 Å². The van der Waals surface area contributed by atoms with Crippen molar-refractivity contribution in [1.82, 2.24) is 20.0 Å². The van der Waals surface area contributed by atoms with Gasteiger partial charge in [-0.15, -0.1) is 5.10 Å². The van der Waals surface area contributed by atoms with Crippen LogP contribution in [0.25, 0.3) is 10.9 Å². The van der Waals surface area contributed by atoms with E-state index < -0.39 is 0 Å². The second kappa shape index (κ2) is 9.44. The number of aldehydes is 1. The number of nitrogens with zero attached hydrogens (tertiary/aromatic N) is 4. The highest BCUT2D eigenvalue weighted by atomic mass is 35.5. The van der Waals surface area contributed by atoms with E-state index in [9.17, 15) is 4.79 Å². The Morgan fingerprint density at radius 1 is 1.16 bits per heavy atom. The molecule has 2 aromatic heterocycles. The summed E-state index contributed by atoms with van der Waals surface area (Å²) in [6.07, 6.45) is 4.34. The van der Waals surface area contributed by atoms with Crippen LogP contribution in [0.1, 0.15) is 16.1 Å². The molecular formula is C22H20ClN5O3. The number of hydrogen-bond donors (Lipinski definition) is 1. The zero-order valence-electron chi connectivity index (χ0n) is 16.8. The number of nitrogens with one attached hydrogen (secondary N) is 1. The predicted octanol–water partition coefficient (Wildman–Crippen LogP) is 3.99. The molecule has 1 N–H and O–H groups in total. The summed E-state index contributed by atoms with van der Waals surface area (Å²) in [5, 5.41) is 13.4. The molecule has 0 spiro atoms. The van der Waals surface area contributed by atoms with Crippen LogP contribution in [0.15, 0.2) is 54.9 Å². The number of fused-ring (bicyclic) bond motifs is 1. The molecule has 0 amide bonds. The molecule has 0 atom stereocenters. The van der Waals surface area contributed by atoms with Crippen LogP contribution in [-0.4, -0.2) is 39.9 Å². The first kappa shape index (κ1) is 20.6. The molecule has 0 radical (unpaired) electrons. The molecule has 2 heterocycles. The zero-order chi connectivity index (χ0) is 21.6. The van der Waals surface area contributed by atoms with Gasteiger partial charge < -0.3 is 14.8 Å². The van der Waals surface area contributed by atoms with Crippen LogP contribution in [-0.2, 0) is 13.2 Å². The number of pyridine rings is 1. The molecule has 4 rings (SSSR count). The summed E-state index contributed by atoms with van der Waals surface area (Å²) < 4.78 is 12.8. The molecule has 9 heteroatoms. The van der Waals surface area contributed by atoms with Gasteiger partial charge in [0.25, 0.3) is 0 Å². The summed E-state index contributed by atoms with van der Waals surface area (Å²) in [6.45, 7) is 1.52. The highest BCUT2D eigenvalue weighted by Gasteiger charge is 2.08. The molecule has 2 aromatic carbocycles. The maximum atomic E-state index is 10.9. The van der Waals surface area contributed by atoms with Crippen LogP contribution < -0.4 is 14.8 Å². The molecule has 0 aliphatic carbocycles. The average molecular weight is 438 g/mol. The summed E-state index contributed by atoms with van der Waals surface area (Å²) in [6, 6.07) is 12.6. The van der Waals surface area contributed by atoms with E-state index >= 15 is 0 Å². The first-order chi connectivity index (χ1) is 15.2. The van der Waals surface area contributed by atoms with E-state index in [-0.39, 0.29) is 6.61 Å². The van der Waals surface area contributed by atoms with Crippen molar-refractivity contribution in [1.29, 1.82) is 0 Å². The van der Waals surface area contributed by atoms with E-state index in [0.717, 1.165) is 22.9 Å². The molecule has 0 fully saturated rings. The fourth-order valence-electron chi connectivity index (χ4n) is 3.12. The molecule has 0 saturated carbocycles. The summed E-state index contributed by atoms with van der Waals surface area (Å²) >= 11 is 6.04. The molecule has 158 valence electrons. The van der Waals surface area contributed by atoms with Gasteiger partial charge in [-0.1, -0.05) is 16.8 Å². The van der Waals surface area contributed by atoms with Crippen molar-refractivity contribution < 1.29 is 14.3 Å². The molecule has 0 saturated heterocycles. The lowest BCUT2D eigenvalue weighted by atomic mass is 10.2. The van der Waals surface area contributed by atoms with Crippen LogP contribution in [0.4, 0.5) is 5.69 Å². The Labute approximate surface area is 183 Å². The van der Waals surface area contributed by atoms with Crippen molar-refractivity contribution in [2.24, 2.45) is 0 Å². The Morgan fingerprint density at radius 2 is 2.06 bits per heavy atom. The fourth-order valence-corrected chi connectivity index (χ4v) is 3.29. The minimum Gasteiger partial charge on any atom is -0.493 e. The van der Waals surface area contributed by atoms with Crippen molar-refractivity contribution in [3.63, 3.8) is 0 Å². The van der Waals surface area contributed by atoms with Gasteiger partial charge in [0.05, 0.1) is 25.4 Å². The van der Waals surface area contributed by atoms with E-state index in [4.69, 9.17) is 21.1 Å². The number of methoxy groups -OCH3 is 1. The first-order valence-corrected chi connectivity index (χ1v) is 9.97. The Kier molecular flexibility index (Phi) is 6.28. The average Bonchev–Trinajstić information content (AvgIpc) is 3.25. The van der Waals surface area contributed by atoms with Crippen LogP contribution in [0.2, 0.25) is 5.02 Å². The van der Waals surface area contributed by atoms with Crippen LogP contribution >= 0.6 is 11.6 Å². The summed E-state index contributed by atoms with van der Waals surface area (Å²) in [5.74, 6) is 1.03. The monoisotopic (exact) mass is 437 g/mol. The number of carbonyl (C=O) groups excluding carboxylic acids is 1. The van der Waals surface area contributed by atoms with Gasteiger partial charge in [-0.3, -0.25) is 14.5 Å². The van der Waals surface area contributed by atoms with Crippen molar-refractivity contribution in [2.45, 2.75) is 13.2 Å². The van der Waals surface area contributed by atoms with E-state index in [1.54, 1.807) is 29.1 Å². The van der Waals surface area contributed by atoms with Gasteiger partial charge in [0.15, 0.2) is 11.5 Å². The lowest BCUT2D eigenvalue weighted by molar-refractivity contribution is 0.112. The van der Waals surface area contributed by atoms with Crippen molar-refractivity contribution in [3.05, 3.63) is 71.1 Å². The lowest BCUT2D eigenvalue weighted by Crippen LogP contribution is -2.11. The largest absolute Gasteiger partial charge is 0.493 e.